The first-order valence-electron chi connectivity index (χ1n) is 10.1. The van der Waals surface area contributed by atoms with Crippen LogP contribution in [0.15, 0.2) is 78.2 Å². The average molecular weight is 485 g/mol. The number of ether oxygens (including phenoxy) is 1. The Labute approximate surface area is 199 Å². The maximum absolute atomic E-state index is 13.5. The molecule has 0 atom stereocenters. The highest BCUT2D eigenvalue weighted by Crippen LogP contribution is 2.29. The minimum absolute atomic E-state index is 0.0430. The van der Waals surface area contributed by atoms with Gasteiger partial charge in [0, 0.05) is 5.69 Å². The van der Waals surface area contributed by atoms with Crippen LogP contribution in [0.4, 0.5) is 11.4 Å². The van der Waals surface area contributed by atoms with Crippen LogP contribution in [0.5, 0.6) is 5.75 Å². The Morgan fingerprint density at radius 2 is 1.79 bits per heavy atom. The van der Waals surface area contributed by atoms with E-state index < -0.39 is 15.9 Å². The van der Waals surface area contributed by atoms with Crippen molar-refractivity contribution in [2.75, 3.05) is 23.3 Å². The fourth-order valence-corrected chi connectivity index (χ4v) is 4.90. The van der Waals surface area contributed by atoms with Crippen LogP contribution in [0.2, 0.25) is 5.02 Å². The minimum Gasteiger partial charge on any atom is -0.497 e. The second-order valence-electron chi connectivity index (χ2n) is 7.44. The molecule has 0 fully saturated rings. The van der Waals surface area contributed by atoms with Gasteiger partial charge in [0.25, 0.3) is 15.9 Å². The molecular weight excluding hydrogens is 460 g/mol. The molecule has 0 spiro atoms. The zero-order valence-electron chi connectivity index (χ0n) is 18.6. The van der Waals surface area contributed by atoms with Crippen LogP contribution < -0.4 is 14.4 Å². The number of amides is 1. The smallest absolute Gasteiger partial charge is 0.264 e. The zero-order chi connectivity index (χ0) is 24.2. The van der Waals surface area contributed by atoms with E-state index in [-0.39, 0.29) is 22.0 Å². The standard InChI is InChI=1S/C25H25ClN2O4S/c1-5-14-28(19-8-10-20(32-4)11-9-19)33(30,31)21-12-13-23(26)22(16-21)25(29)27-24-15-17(2)6-7-18(24)3/h5-13,15-16H,1,14H2,2-4H3,(H,27,29). The van der Waals surface area contributed by atoms with Crippen molar-refractivity contribution in [2.45, 2.75) is 18.7 Å². The summed E-state index contributed by atoms with van der Waals surface area (Å²) in [6.45, 7) is 7.51. The number of methoxy groups -OCH3 is 1. The van der Waals surface area contributed by atoms with E-state index in [0.717, 1.165) is 11.1 Å². The van der Waals surface area contributed by atoms with Crippen molar-refractivity contribution in [2.24, 2.45) is 0 Å². The highest BCUT2D eigenvalue weighted by atomic mass is 35.5. The van der Waals surface area contributed by atoms with E-state index in [2.05, 4.69) is 11.9 Å². The minimum atomic E-state index is -4.01. The highest BCUT2D eigenvalue weighted by molar-refractivity contribution is 7.92. The fraction of sp³-hybridized carbons (Fsp3) is 0.160. The normalized spacial score (nSPS) is 11.0. The maximum atomic E-state index is 13.5. The van der Waals surface area contributed by atoms with Crippen molar-refractivity contribution in [3.8, 4) is 5.75 Å². The summed E-state index contributed by atoms with van der Waals surface area (Å²) in [5, 5.41) is 2.97. The maximum Gasteiger partial charge on any atom is 0.264 e. The largest absolute Gasteiger partial charge is 0.497 e. The van der Waals surface area contributed by atoms with Crippen molar-refractivity contribution < 1.29 is 17.9 Å². The van der Waals surface area contributed by atoms with Gasteiger partial charge in [0.2, 0.25) is 0 Å². The van der Waals surface area contributed by atoms with E-state index >= 15 is 0 Å². The van der Waals surface area contributed by atoms with Gasteiger partial charge in [-0.2, -0.15) is 0 Å². The second kappa shape index (κ2) is 10.1. The van der Waals surface area contributed by atoms with Crippen LogP contribution in [0, 0.1) is 13.8 Å². The molecule has 8 heteroatoms. The number of rotatable bonds is 8. The van der Waals surface area contributed by atoms with Gasteiger partial charge >= 0.3 is 0 Å². The Morgan fingerprint density at radius 3 is 2.42 bits per heavy atom. The van der Waals surface area contributed by atoms with Crippen molar-refractivity contribution >= 4 is 38.9 Å². The number of nitrogens with one attached hydrogen (secondary N) is 1. The van der Waals surface area contributed by atoms with Crippen LogP contribution >= 0.6 is 11.6 Å². The van der Waals surface area contributed by atoms with Crippen molar-refractivity contribution in [1.29, 1.82) is 0 Å². The summed E-state index contributed by atoms with van der Waals surface area (Å²) in [7, 11) is -2.48. The Hall–Kier alpha value is -3.29. The average Bonchev–Trinajstić information content (AvgIpc) is 2.80. The topological polar surface area (TPSA) is 75.7 Å². The second-order valence-corrected chi connectivity index (χ2v) is 9.71. The molecule has 33 heavy (non-hydrogen) atoms. The predicted octanol–water partition coefficient (Wildman–Crippen LogP) is 5.60. The SMILES string of the molecule is C=CCN(c1ccc(OC)cc1)S(=O)(=O)c1ccc(Cl)c(C(=O)Nc2cc(C)ccc2C)c1. The van der Waals surface area contributed by atoms with Crippen LogP contribution in [0.25, 0.3) is 0 Å². The monoisotopic (exact) mass is 484 g/mol. The van der Waals surface area contributed by atoms with E-state index in [1.54, 1.807) is 24.3 Å². The summed E-state index contributed by atoms with van der Waals surface area (Å²) in [6.07, 6.45) is 1.49. The number of aryl methyl sites for hydroxylation is 2. The van der Waals surface area contributed by atoms with Gasteiger partial charge in [-0.15, -0.1) is 6.58 Å². The van der Waals surface area contributed by atoms with E-state index in [0.29, 0.717) is 17.1 Å². The van der Waals surface area contributed by atoms with Gasteiger partial charge in [-0.05, 0) is 73.5 Å². The molecule has 1 amide bonds. The molecule has 0 aliphatic carbocycles. The first-order valence-corrected chi connectivity index (χ1v) is 11.9. The van der Waals surface area contributed by atoms with Gasteiger partial charge in [-0.1, -0.05) is 29.8 Å². The highest BCUT2D eigenvalue weighted by Gasteiger charge is 2.26. The number of anilines is 2. The lowest BCUT2D eigenvalue weighted by molar-refractivity contribution is 0.102. The number of carbonyl (C=O) groups is 1. The zero-order valence-corrected chi connectivity index (χ0v) is 20.2. The van der Waals surface area contributed by atoms with Crippen LogP contribution in [0.1, 0.15) is 21.5 Å². The molecule has 0 saturated carbocycles. The lowest BCUT2D eigenvalue weighted by Crippen LogP contribution is -2.31. The van der Waals surface area contributed by atoms with E-state index in [1.807, 2.05) is 32.0 Å². The summed E-state index contributed by atoms with van der Waals surface area (Å²) >= 11 is 6.27. The Morgan fingerprint density at radius 1 is 1.09 bits per heavy atom. The first-order chi connectivity index (χ1) is 15.7. The lowest BCUT2D eigenvalue weighted by atomic mass is 10.1. The molecular formula is C25H25ClN2O4S. The number of sulfonamides is 1. The number of nitrogens with zero attached hydrogens (tertiary/aromatic N) is 1. The van der Waals surface area contributed by atoms with E-state index in [9.17, 15) is 13.2 Å². The van der Waals surface area contributed by atoms with Crippen molar-refractivity contribution in [1.82, 2.24) is 0 Å². The van der Waals surface area contributed by atoms with Crippen LogP contribution in [-0.4, -0.2) is 28.0 Å². The molecule has 6 nitrogen and oxygen atoms in total. The molecule has 0 aromatic heterocycles. The van der Waals surface area contributed by atoms with Gasteiger partial charge in [-0.25, -0.2) is 8.42 Å². The van der Waals surface area contributed by atoms with Gasteiger partial charge in [0.05, 0.1) is 34.8 Å². The van der Waals surface area contributed by atoms with Crippen molar-refractivity contribution in [3.05, 3.63) is 95.0 Å². The quantitative estimate of drug-likeness (QED) is 0.422. The molecule has 0 unspecified atom stereocenters. The van der Waals surface area contributed by atoms with Gasteiger partial charge in [0.1, 0.15) is 5.75 Å². The van der Waals surface area contributed by atoms with Gasteiger partial charge < -0.3 is 10.1 Å². The number of hydrogen-bond donors (Lipinski definition) is 1. The molecule has 0 radical (unpaired) electrons. The third-order valence-electron chi connectivity index (χ3n) is 5.07. The number of carbonyl (C=O) groups excluding carboxylic acids is 1. The first kappa shape index (κ1) is 24.4. The predicted molar refractivity (Wildman–Crippen MR) is 133 cm³/mol. The third-order valence-corrected chi connectivity index (χ3v) is 7.19. The number of hydrogen-bond acceptors (Lipinski definition) is 4. The molecule has 0 aliphatic heterocycles. The van der Waals surface area contributed by atoms with Gasteiger partial charge in [-0.3, -0.25) is 9.10 Å². The van der Waals surface area contributed by atoms with Gasteiger partial charge in [0.15, 0.2) is 0 Å². The Balaban J connectivity index is 1.99. The molecule has 1 N–H and O–H groups in total. The van der Waals surface area contributed by atoms with Crippen molar-refractivity contribution in [3.63, 3.8) is 0 Å². The summed E-state index contributed by atoms with van der Waals surface area (Å²) in [4.78, 5) is 12.9. The number of benzene rings is 3. The fourth-order valence-electron chi connectivity index (χ4n) is 3.23. The summed E-state index contributed by atoms with van der Waals surface area (Å²) in [5.41, 5.74) is 3.00. The number of halogens is 1. The van der Waals surface area contributed by atoms with Crippen LogP contribution in [-0.2, 0) is 10.0 Å². The third kappa shape index (κ3) is 5.38. The molecule has 0 aliphatic rings. The molecule has 3 aromatic rings. The lowest BCUT2D eigenvalue weighted by Gasteiger charge is -2.23. The van der Waals surface area contributed by atoms with E-state index in [1.165, 1.54) is 35.7 Å². The Bertz CT molecular complexity index is 1290. The summed E-state index contributed by atoms with van der Waals surface area (Å²) in [6, 6.07) is 16.4. The molecule has 172 valence electrons. The molecule has 0 bridgehead atoms. The molecule has 0 heterocycles. The summed E-state index contributed by atoms with van der Waals surface area (Å²) < 4.78 is 33.3. The Kier molecular flexibility index (Phi) is 7.46. The van der Waals surface area contributed by atoms with Crippen LogP contribution in [0.3, 0.4) is 0 Å². The molecule has 3 rings (SSSR count). The molecule has 3 aromatic carbocycles. The summed E-state index contributed by atoms with van der Waals surface area (Å²) in [5.74, 6) is 0.108. The van der Waals surface area contributed by atoms with E-state index in [4.69, 9.17) is 16.3 Å². The molecule has 0 saturated heterocycles.